The fraction of sp³-hybridized carbons (Fsp3) is 0.226. The molecule has 0 aromatic heterocycles. The zero-order chi connectivity index (χ0) is 26.2. The van der Waals surface area contributed by atoms with Crippen LogP contribution in [-0.4, -0.2) is 35.4 Å². The number of nitrogens with zero attached hydrogens (tertiary/aromatic N) is 1. The second-order valence-corrected chi connectivity index (χ2v) is 8.80. The van der Waals surface area contributed by atoms with Gasteiger partial charge in [0.2, 0.25) is 0 Å². The number of carbonyl (C=O) groups is 2. The highest BCUT2D eigenvalue weighted by Crippen LogP contribution is 2.41. The summed E-state index contributed by atoms with van der Waals surface area (Å²) in [5.74, 6) is -0.474. The molecule has 0 saturated carbocycles. The number of amides is 1. The second-order valence-electron chi connectivity index (χ2n) is 8.80. The van der Waals surface area contributed by atoms with E-state index in [9.17, 15) is 14.7 Å². The summed E-state index contributed by atoms with van der Waals surface area (Å²) in [7, 11) is 1.55. The van der Waals surface area contributed by atoms with Crippen LogP contribution in [0.5, 0.6) is 11.5 Å². The summed E-state index contributed by atoms with van der Waals surface area (Å²) in [5.41, 5.74) is 2.40. The maximum absolute atomic E-state index is 13.4. The van der Waals surface area contributed by atoms with Crippen molar-refractivity contribution in [2.24, 2.45) is 0 Å². The first-order valence-corrected chi connectivity index (χ1v) is 12.4. The molecule has 0 spiro atoms. The van der Waals surface area contributed by atoms with Gasteiger partial charge in [0, 0.05) is 6.54 Å². The lowest BCUT2D eigenvalue weighted by atomic mass is 9.95. The van der Waals surface area contributed by atoms with E-state index in [1.165, 1.54) is 11.0 Å². The third kappa shape index (κ3) is 5.92. The normalized spacial score (nSPS) is 15.5. The molecule has 0 radical (unpaired) electrons. The molecule has 1 unspecified atom stereocenters. The summed E-state index contributed by atoms with van der Waals surface area (Å²) in [6, 6.07) is 23.4. The van der Waals surface area contributed by atoms with Crippen molar-refractivity contribution >= 4 is 17.8 Å². The predicted octanol–water partition coefficient (Wildman–Crippen LogP) is 6.05. The molecule has 1 aliphatic rings. The van der Waals surface area contributed by atoms with Gasteiger partial charge in [0.1, 0.15) is 0 Å². The lowest BCUT2D eigenvalue weighted by Crippen LogP contribution is -2.30. The largest absolute Gasteiger partial charge is 0.503 e. The molecule has 3 aromatic carbocycles. The highest BCUT2D eigenvalue weighted by atomic mass is 16.5. The van der Waals surface area contributed by atoms with Crippen molar-refractivity contribution in [3.63, 3.8) is 0 Å². The monoisotopic (exact) mass is 497 g/mol. The van der Waals surface area contributed by atoms with Crippen LogP contribution in [0.1, 0.15) is 42.5 Å². The van der Waals surface area contributed by atoms with E-state index in [1.807, 2.05) is 66.7 Å². The number of aliphatic hydroxyl groups is 1. The first-order valence-electron chi connectivity index (χ1n) is 12.4. The van der Waals surface area contributed by atoms with Gasteiger partial charge < -0.3 is 19.5 Å². The molecule has 4 rings (SSSR count). The van der Waals surface area contributed by atoms with Gasteiger partial charge in [-0.15, -0.1) is 0 Å². The van der Waals surface area contributed by atoms with Crippen LogP contribution in [0.15, 0.2) is 96.3 Å². The minimum absolute atomic E-state index is 0.0369. The summed E-state index contributed by atoms with van der Waals surface area (Å²) in [4.78, 5) is 28.2. The summed E-state index contributed by atoms with van der Waals surface area (Å²) in [6.45, 7) is 2.87. The average molecular weight is 498 g/mol. The van der Waals surface area contributed by atoms with Crippen LogP contribution in [0.4, 0.5) is 0 Å². The molecule has 1 heterocycles. The number of hydrogen-bond donors (Lipinski definition) is 1. The molecule has 0 aliphatic carbocycles. The molecule has 0 saturated heterocycles. The third-order valence-electron chi connectivity index (χ3n) is 6.25. The summed E-state index contributed by atoms with van der Waals surface area (Å²) in [6.07, 6.45) is 4.99. The molecule has 0 bridgehead atoms. The number of benzene rings is 3. The van der Waals surface area contributed by atoms with Gasteiger partial charge in [-0.25, -0.2) is 0 Å². The Kier molecular flexibility index (Phi) is 8.41. The van der Waals surface area contributed by atoms with E-state index >= 15 is 0 Å². The Morgan fingerprint density at radius 3 is 2.38 bits per heavy atom. The number of unbranched alkanes of at least 4 members (excludes halogenated alkanes) is 1. The minimum Gasteiger partial charge on any atom is -0.503 e. The molecule has 3 aromatic rings. The van der Waals surface area contributed by atoms with Crippen LogP contribution in [0, 0.1) is 0 Å². The van der Waals surface area contributed by atoms with Gasteiger partial charge in [-0.1, -0.05) is 86.2 Å². The van der Waals surface area contributed by atoms with Crippen molar-refractivity contribution in [3.05, 3.63) is 113 Å². The second kappa shape index (κ2) is 12.1. The molecule has 1 aliphatic heterocycles. The van der Waals surface area contributed by atoms with E-state index in [1.54, 1.807) is 25.3 Å². The lowest BCUT2D eigenvalue weighted by Gasteiger charge is -2.27. The van der Waals surface area contributed by atoms with E-state index in [0.29, 0.717) is 23.7 Å². The molecule has 1 N–H and O–H groups in total. The predicted molar refractivity (Wildman–Crippen MR) is 143 cm³/mol. The standard InChI is InChI=1S/C31H31NO5/c1-3-4-19-37-26-18-16-24(20-27(26)36-2)29-28(25(33)17-15-22-11-7-5-8-12-22)30(34)31(35)32(29)21-23-13-9-6-10-14-23/h5-18,20,29,34H,3-4,19,21H2,1-2H3/b17-15+. The highest BCUT2D eigenvalue weighted by Gasteiger charge is 2.43. The summed E-state index contributed by atoms with van der Waals surface area (Å²) in [5, 5.41) is 10.9. The SMILES string of the molecule is CCCCOc1ccc(C2C(C(=O)/C=C/c3ccccc3)=C(O)C(=O)N2Cc2ccccc2)cc1OC. The van der Waals surface area contributed by atoms with Gasteiger partial charge in [0.05, 0.1) is 25.3 Å². The maximum Gasteiger partial charge on any atom is 0.290 e. The van der Waals surface area contributed by atoms with Crippen molar-refractivity contribution in [2.45, 2.75) is 32.4 Å². The van der Waals surface area contributed by atoms with Crippen molar-refractivity contribution in [1.82, 2.24) is 4.90 Å². The number of methoxy groups -OCH3 is 1. The van der Waals surface area contributed by atoms with Crippen LogP contribution in [0.25, 0.3) is 6.08 Å². The smallest absolute Gasteiger partial charge is 0.290 e. The Labute approximate surface area is 217 Å². The zero-order valence-corrected chi connectivity index (χ0v) is 21.1. The topological polar surface area (TPSA) is 76.1 Å². The van der Waals surface area contributed by atoms with Crippen molar-refractivity contribution in [1.29, 1.82) is 0 Å². The van der Waals surface area contributed by atoms with E-state index in [0.717, 1.165) is 24.0 Å². The Hall–Kier alpha value is -4.32. The maximum atomic E-state index is 13.4. The van der Waals surface area contributed by atoms with E-state index in [2.05, 4.69) is 6.92 Å². The minimum atomic E-state index is -0.792. The number of carbonyl (C=O) groups excluding carboxylic acids is 2. The molecular weight excluding hydrogens is 466 g/mol. The van der Waals surface area contributed by atoms with Gasteiger partial charge in [-0.3, -0.25) is 9.59 Å². The molecule has 0 fully saturated rings. The zero-order valence-electron chi connectivity index (χ0n) is 21.1. The Bertz CT molecular complexity index is 1300. The fourth-order valence-corrected chi connectivity index (χ4v) is 4.32. The van der Waals surface area contributed by atoms with Crippen LogP contribution in [0.2, 0.25) is 0 Å². The quantitative estimate of drug-likeness (QED) is 0.258. The Morgan fingerprint density at radius 1 is 1.00 bits per heavy atom. The van der Waals surface area contributed by atoms with E-state index in [-0.39, 0.29) is 12.1 Å². The number of aliphatic hydroxyl groups excluding tert-OH is 1. The van der Waals surface area contributed by atoms with Crippen molar-refractivity contribution in [2.75, 3.05) is 13.7 Å². The molecule has 190 valence electrons. The third-order valence-corrected chi connectivity index (χ3v) is 6.25. The van der Waals surface area contributed by atoms with Gasteiger partial charge >= 0.3 is 0 Å². The van der Waals surface area contributed by atoms with Gasteiger partial charge in [-0.05, 0) is 41.3 Å². The number of allylic oxidation sites excluding steroid dienone is 1. The number of rotatable bonds is 11. The number of ether oxygens (including phenoxy) is 2. The first-order chi connectivity index (χ1) is 18.0. The van der Waals surface area contributed by atoms with E-state index in [4.69, 9.17) is 9.47 Å². The fourth-order valence-electron chi connectivity index (χ4n) is 4.32. The van der Waals surface area contributed by atoms with E-state index < -0.39 is 23.5 Å². The molecule has 6 heteroatoms. The van der Waals surface area contributed by atoms with Crippen molar-refractivity contribution < 1.29 is 24.2 Å². The van der Waals surface area contributed by atoms with Gasteiger partial charge in [0.15, 0.2) is 23.0 Å². The average Bonchev–Trinajstić information content (AvgIpc) is 3.18. The Morgan fingerprint density at radius 2 is 1.70 bits per heavy atom. The molecular formula is C31H31NO5. The highest BCUT2D eigenvalue weighted by molar-refractivity contribution is 6.14. The van der Waals surface area contributed by atoms with Gasteiger partial charge in [0.25, 0.3) is 5.91 Å². The summed E-state index contributed by atoms with van der Waals surface area (Å²) < 4.78 is 11.4. The molecule has 1 amide bonds. The molecule has 1 atom stereocenters. The van der Waals surface area contributed by atoms with Crippen LogP contribution in [0.3, 0.4) is 0 Å². The lowest BCUT2D eigenvalue weighted by molar-refractivity contribution is -0.130. The van der Waals surface area contributed by atoms with Gasteiger partial charge in [-0.2, -0.15) is 0 Å². The number of hydrogen-bond acceptors (Lipinski definition) is 5. The molecule has 6 nitrogen and oxygen atoms in total. The summed E-state index contributed by atoms with van der Waals surface area (Å²) >= 11 is 0. The van der Waals surface area contributed by atoms with Crippen molar-refractivity contribution in [3.8, 4) is 11.5 Å². The molecule has 37 heavy (non-hydrogen) atoms. The van der Waals surface area contributed by atoms with Crippen LogP contribution < -0.4 is 9.47 Å². The van der Waals surface area contributed by atoms with Crippen LogP contribution >= 0.6 is 0 Å². The first kappa shape index (κ1) is 25.8. The number of ketones is 1. The van der Waals surface area contributed by atoms with Crippen LogP contribution in [-0.2, 0) is 16.1 Å². The Balaban J connectivity index is 1.73.